The van der Waals surface area contributed by atoms with Gasteiger partial charge in [-0.05, 0) is 18.1 Å². The van der Waals surface area contributed by atoms with Crippen molar-refractivity contribution in [2.75, 3.05) is 5.75 Å². The molecule has 2 aliphatic rings. The molecular weight excluding hydrogens is 248 g/mol. The summed E-state index contributed by atoms with van der Waals surface area (Å²) in [6.07, 6.45) is 0.350. The monoisotopic (exact) mass is 258 g/mol. The lowest BCUT2D eigenvalue weighted by molar-refractivity contribution is -0.150. The molecule has 2 aliphatic heterocycles. The number of hydrogen-bond donors (Lipinski definition) is 2. The first-order valence-corrected chi connectivity index (χ1v) is 6.20. The predicted molar refractivity (Wildman–Crippen MR) is 57.0 cm³/mol. The molecule has 0 spiro atoms. The normalized spacial score (nSPS) is 31.8. The molecule has 0 radical (unpaired) electrons. The van der Waals surface area contributed by atoms with Crippen molar-refractivity contribution in [2.45, 2.75) is 18.3 Å². The second kappa shape index (κ2) is 4.04. The predicted octanol–water partition coefficient (Wildman–Crippen LogP) is -1.61. The van der Waals surface area contributed by atoms with Gasteiger partial charge >= 0.3 is 5.97 Å². The SMILES string of the molecule is CC1=C(C(=O)O)N2C(=O)[C@@H](NC=O)[C@H]2[S@@+]([O-])C1. The van der Waals surface area contributed by atoms with Crippen LogP contribution in [0.4, 0.5) is 0 Å². The second-order valence-corrected chi connectivity index (χ2v) is 5.35. The third-order valence-electron chi connectivity index (χ3n) is 2.77. The lowest BCUT2D eigenvalue weighted by Crippen LogP contribution is -2.73. The van der Waals surface area contributed by atoms with Crippen LogP contribution < -0.4 is 5.32 Å². The maximum atomic E-state index is 11.8. The third-order valence-corrected chi connectivity index (χ3v) is 4.51. The van der Waals surface area contributed by atoms with Crippen LogP contribution in [0.2, 0.25) is 0 Å². The lowest BCUT2D eigenvalue weighted by Gasteiger charge is -2.48. The Bertz CT molecular complexity index is 435. The molecule has 17 heavy (non-hydrogen) atoms. The van der Waals surface area contributed by atoms with Crippen LogP contribution in [-0.2, 0) is 25.6 Å². The number of fused-ring (bicyclic) bond motifs is 1. The van der Waals surface area contributed by atoms with Crippen molar-refractivity contribution < 1.29 is 24.0 Å². The fraction of sp³-hybridized carbons (Fsp3) is 0.444. The quantitative estimate of drug-likeness (QED) is 0.359. The molecule has 7 nitrogen and oxygen atoms in total. The van der Waals surface area contributed by atoms with Gasteiger partial charge in [0, 0.05) is 5.57 Å². The van der Waals surface area contributed by atoms with Crippen molar-refractivity contribution in [3.05, 3.63) is 11.3 Å². The molecule has 3 atom stereocenters. The molecular formula is C9H10N2O5S. The van der Waals surface area contributed by atoms with Crippen molar-refractivity contribution in [1.82, 2.24) is 10.2 Å². The van der Waals surface area contributed by atoms with Crippen LogP contribution in [0.5, 0.6) is 0 Å². The molecule has 0 aromatic heterocycles. The second-order valence-electron chi connectivity index (χ2n) is 3.82. The Morgan fingerprint density at radius 2 is 2.35 bits per heavy atom. The zero-order chi connectivity index (χ0) is 12.7. The van der Waals surface area contributed by atoms with Crippen LogP contribution in [0.1, 0.15) is 6.92 Å². The molecule has 0 bridgehead atoms. The summed E-state index contributed by atoms with van der Waals surface area (Å²) in [7, 11) is 0. The minimum Gasteiger partial charge on any atom is -0.614 e. The maximum absolute atomic E-state index is 11.8. The Balaban J connectivity index is 2.35. The molecule has 2 amide bonds. The summed E-state index contributed by atoms with van der Waals surface area (Å²) < 4.78 is 11.8. The molecule has 0 aliphatic carbocycles. The smallest absolute Gasteiger partial charge is 0.352 e. The molecule has 0 aromatic rings. The van der Waals surface area contributed by atoms with Gasteiger partial charge in [-0.15, -0.1) is 0 Å². The van der Waals surface area contributed by atoms with Gasteiger partial charge in [-0.1, -0.05) is 0 Å². The number of amides is 2. The maximum Gasteiger partial charge on any atom is 0.352 e. The van der Waals surface area contributed by atoms with Gasteiger partial charge in [0.2, 0.25) is 11.8 Å². The number of rotatable bonds is 3. The van der Waals surface area contributed by atoms with Gasteiger partial charge in [0.15, 0.2) is 6.04 Å². The van der Waals surface area contributed by atoms with E-state index in [1.165, 1.54) is 6.92 Å². The molecule has 92 valence electrons. The van der Waals surface area contributed by atoms with Crippen LogP contribution in [0.15, 0.2) is 11.3 Å². The van der Waals surface area contributed by atoms with E-state index in [4.69, 9.17) is 5.11 Å². The highest BCUT2D eigenvalue weighted by molar-refractivity contribution is 7.92. The van der Waals surface area contributed by atoms with Crippen molar-refractivity contribution in [3.63, 3.8) is 0 Å². The fourth-order valence-corrected chi connectivity index (χ4v) is 3.73. The molecule has 2 rings (SSSR count). The van der Waals surface area contributed by atoms with Crippen molar-refractivity contribution >= 4 is 29.5 Å². The minimum absolute atomic E-state index is 0.104. The first kappa shape index (κ1) is 11.9. The van der Waals surface area contributed by atoms with E-state index in [2.05, 4.69) is 5.32 Å². The summed E-state index contributed by atoms with van der Waals surface area (Å²) in [6, 6.07) is -0.879. The molecule has 2 heterocycles. The minimum atomic E-state index is -1.39. The Labute approximate surface area is 99.6 Å². The van der Waals surface area contributed by atoms with Crippen LogP contribution in [-0.4, -0.2) is 50.0 Å². The van der Waals surface area contributed by atoms with Gasteiger partial charge in [0.05, 0.1) is 0 Å². The average molecular weight is 258 g/mol. The number of nitrogens with one attached hydrogen (secondary N) is 1. The molecule has 2 N–H and O–H groups in total. The zero-order valence-electron chi connectivity index (χ0n) is 8.87. The van der Waals surface area contributed by atoms with E-state index >= 15 is 0 Å². The number of carboxylic acid groups (broad SMARTS) is 1. The Kier molecular flexibility index (Phi) is 2.84. The van der Waals surface area contributed by atoms with Gasteiger partial charge in [-0.2, -0.15) is 0 Å². The first-order valence-electron chi connectivity index (χ1n) is 4.82. The highest BCUT2D eigenvalue weighted by Crippen LogP contribution is 2.36. The number of carboxylic acids is 1. The number of carbonyl (C=O) groups is 3. The molecule has 0 unspecified atom stereocenters. The van der Waals surface area contributed by atoms with Gasteiger partial charge in [-0.25, -0.2) is 4.79 Å². The summed E-state index contributed by atoms with van der Waals surface area (Å²) in [5.74, 6) is -1.65. The Morgan fingerprint density at radius 3 is 2.88 bits per heavy atom. The molecule has 1 saturated heterocycles. The van der Waals surface area contributed by atoms with Crippen molar-refractivity contribution in [3.8, 4) is 0 Å². The molecule has 8 heteroatoms. The molecule has 0 saturated carbocycles. The highest BCUT2D eigenvalue weighted by atomic mass is 32.2. The number of hydrogen-bond acceptors (Lipinski definition) is 4. The van der Waals surface area contributed by atoms with E-state index in [1.54, 1.807) is 0 Å². The van der Waals surface area contributed by atoms with Gasteiger partial charge in [-0.3, -0.25) is 14.5 Å². The van der Waals surface area contributed by atoms with Crippen LogP contribution in [0.25, 0.3) is 0 Å². The fourth-order valence-electron chi connectivity index (χ4n) is 2.06. The van der Waals surface area contributed by atoms with Crippen molar-refractivity contribution in [1.29, 1.82) is 0 Å². The summed E-state index contributed by atoms with van der Waals surface area (Å²) in [5.41, 5.74) is 0.286. The average Bonchev–Trinajstić information content (AvgIpc) is 2.25. The van der Waals surface area contributed by atoms with E-state index in [0.717, 1.165) is 4.90 Å². The Morgan fingerprint density at radius 1 is 1.71 bits per heavy atom. The van der Waals surface area contributed by atoms with Crippen LogP contribution >= 0.6 is 0 Å². The van der Waals surface area contributed by atoms with E-state index in [1.807, 2.05) is 0 Å². The zero-order valence-corrected chi connectivity index (χ0v) is 9.69. The number of β-lactam (4-membered cyclic amide) rings is 1. The summed E-state index contributed by atoms with van der Waals surface area (Å²) in [5, 5.41) is 10.5. The van der Waals surface area contributed by atoms with E-state index in [0.29, 0.717) is 12.0 Å². The van der Waals surface area contributed by atoms with Crippen LogP contribution in [0.3, 0.4) is 0 Å². The standard InChI is InChI=1S/C9H10N2O5S/c1-4-2-17(16)8-5(10-3-12)7(13)11(8)6(4)9(14)15/h3,5,8H,2H2,1H3,(H,10,12)(H,14,15)/t5-,8-,17+/m1/s1. The van der Waals surface area contributed by atoms with Gasteiger partial charge in [0.25, 0.3) is 5.91 Å². The van der Waals surface area contributed by atoms with Gasteiger partial charge in [0.1, 0.15) is 11.4 Å². The van der Waals surface area contributed by atoms with E-state index < -0.39 is 34.5 Å². The first-order chi connectivity index (χ1) is 7.99. The van der Waals surface area contributed by atoms with Crippen LogP contribution in [0, 0.1) is 0 Å². The molecule has 0 aromatic carbocycles. The topological polar surface area (TPSA) is 110 Å². The Hall–Kier alpha value is -1.54. The number of carbonyl (C=O) groups excluding carboxylic acids is 2. The number of nitrogens with zero attached hydrogens (tertiary/aromatic N) is 1. The third kappa shape index (κ3) is 1.60. The number of aliphatic carboxylic acids is 1. The van der Waals surface area contributed by atoms with Gasteiger partial charge < -0.3 is 15.0 Å². The summed E-state index contributed by atoms with van der Waals surface area (Å²) in [4.78, 5) is 34.0. The van der Waals surface area contributed by atoms with Crippen molar-refractivity contribution in [2.24, 2.45) is 0 Å². The van der Waals surface area contributed by atoms with E-state index in [9.17, 15) is 18.9 Å². The lowest BCUT2D eigenvalue weighted by atomic mass is 10.0. The summed E-state index contributed by atoms with van der Waals surface area (Å²) >= 11 is -1.39. The summed E-state index contributed by atoms with van der Waals surface area (Å²) in [6.45, 7) is 1.53. The highest BCUT2D eigenvalue weighted by Gasteiger charge is 2.59. The molecule has 1 fully saturated rings. The largest absolute Gasteiger partial charge is 0.614 e. The van der Waals surface area contributed by atoms with E-state index in [-0.39, 0.29) is 11.4 Å².